The van der Waals surface area contributed by atoms with Crippen molar-refractivity contribution in [2.75, 3.05) is 18.2 Å². The molecule has 39 heavy (non-hydrogen) atoms. The lowest BCUT2D eigenvalue weighted by Gasteiger charge is -2.34. The van der Waals surface area contributed by atoms with Gasteiger partial charge in [0.15, 0.2) is 17.2 Å². The minimum Gasteiger partial charge on any atom is -0.493 e. The van der Waals surface area contributed by atoms with Crippen LogP contribution in [0.15, 0.2) is 102 Å². The predicted octanol–water partition coefficient (Wildman–Crippen LogP) is 5.07. The van der Waals surface area contributed by atoms with Crippen LogP contribution in [0.5, 0.6) is 17.2 Å². The van der Waals surface area contributed by atoms with E-state index in [2.05, 4.69) is 0 Å². The summed E-state index contributed by atoms with van der Waals surface area (Å²) in [5, 5.41) is 10.6. The average molecular weight is 542 g/mol. The number of aliphatic carboxylic acids is 1. The second-order valence-electron chi connectivity index (χ2n) is 9.00. The van der Waals surface area contributed by atoms with Crippen molar-refractivity contribution in [2.45, 2.75) is 11.3 Å². The van der Waals surface area contributed by atoms with E-state index in [0.717, 1.165) is 9.87 Å². The predicted molar refractivity (Wildman–Crippen MR) is 145 cm³/mol. The summed E-state index contributed by atoms with van der Waals surface area (Å²) >= 11 is 0. The molecule has 2 aliphatic rings. The number of anilines is 1. The van der Waals surface area contributed by atoms with Gasteiger partial charge < -0.3 is 19.3 Å². The number of hydrogen-bond acceptors (Lipinski definition) is 6. The molecule has 0 saturated carbocycles. The Morgan fingerprint density at radius 2 is 1.67 bits per heavy atom. The van der Waals surface area contributed by atoms with Gasteiger partial charge in [-0.2, -0.15) is 0 Å². The third-order valence-electron chi connectivity index (χ3n) is 6.71. The number of carboxylic acids is 1. The van der Waals surface area contributed by atoms with Gasteiger partial charge in [-0.3, -0.25) is 0 Å². The lowest BCUT2D eigenvalue weighted by molar-refractivity contribution is -0.132. The number of rotatable bonds is 6. The summed E-state index contributed by atoms with van der Waals surface area (Å²) in [6, 6.07) is 26.2. The summed E-state index contributed by atoms with van der Waals surface area (Å²) in [6.45, 7) is -0.00999. The molecule has 4 aromatic rings. The molecule has 6 rings (SSSR count). The normalized spacial score (nSPS) is 15.2. The van der Waals surface area contributed by atoms with Crippen molar-refractivity contribution in [3.8, 4) is 17.2 Å². The first-order chi connectivity index (χ1) is 18.9. The van der Waals surface area contributed by atoms with Gasteiger partial charge >= 0.3 is 5.97 Å². The van der Waals surface area contributed by atoms with Crippen LogP contribution >= 0.6 is 0 Å². The highest BCUT2D eigenvalue weighted by atomic mass is 32.2. The van der Waals surface area contributed by atoms with Gasteiger partial charge in [0.05, 0.1) is 17.7 Å². The van der Waals surface area contributed by atoms with E-state index in [1.54, 1.807) is 54.6 Å². The molecule has 0 saturated heterocycles. The fourth-order valence-electron chi connectivity index (χ4n) is 5.03. The highest BCUT2D eigenvalue weighted by Gasteiger charge is 2.42. The molecule has 0 bridgehead atoms. The van der Waals surface area contributed by atoms with Crippen molar-refractivity contribution in [1.29, 1.82) is 0 Å². The monoisotopic (exact) mass is 541 g/mol. The maximum atomic E-state index is 14.2. The summed E-state index contributed by atoms with van der Waals surface area (Å²) in [6.07, 6.45) is 0.407. The van der Waals surface area contributed by atoms with Crippen LogP contribution in [0.3, 0.4) is 0 Å². The van der Waals surface area contributed by atoms with Crippen LogP contribution in [0.2, 0.25) is 0 Å². The number of ether oxygens (including phenoxy) is 3. The largest absolute Gasteiger partial charge is 0.493 e. The molecule has 0 fully saturated rings. The van der Waals surface area contributed by atoms with Gasteiger partial charge in [-0.1, -0.05) is 66.7 Å². The minimum atomic E-state index is -4.31. The van der Waals surface area contributed by atoms with Gasteiger partial charge in [0.2, 0.25) is 12.5 Å². The lowest BCUT2D eigenvalue weighted by atomic mass is 9.94. The van der Waals surface area contributed by atoms with Gasteiger partial charge in [-0.15, -0.1) is 0 Å². The Balaban J connectivity index is 1.65. The van der Waals surface area contributed by atoms with Crippen LogP contribution in [-0.4, -0.2) is 33.4 Å². The maximum absolute atomic E-state index is 14.2. The van der Waals surface area contributed by atoms with Crippen molar-refractivity contribution in [3.63, 3.8) is 0 Å². The summed E-state index contributed by atoms with van der Waals surface area (Å²) in [7, 11) is -2.83. The first-order valence-electron chi connectivity index (χ1n) is 12.1. The van der Waals surface area contributed by atoms with Gasteiger partial charge in [-0.05, 0) is 47.4 Å². The number of benzene rings is 4. The number of fused-ring (bicyclic) bond motifs is 2. The second-order valence-corrected chi connectivity index (χ2v) is 10.8. The molecule has 1 N–H and O–H groups in total. The Morgan fingerprint density at radius 1 is 0.949 bits per heavy atom. The van der Waals surface area contributed by atoms with E-state index in [4.69, 9.17) is 14.2 Å². The molecule has 196 valence electrons. The standard InChI is InChI=1S/C30H23NO7S/c1-36-24-16-21(17-25-29(24)38-18-37-25)27-22-12-6-8-14-26(22)39(34,35)31(28(27)30(32)33)23-13-7-5-11-20(23)15-19-9-3-2-4-10-19/h2-14,16-17H,15,18H2,1H3,(H,32,33). The number of hydrogen-bond donors (Lipinski definition) is 1. The topological polar surface area (TPSA) is 102 Å². The van der Waals surface area contributed by atoms with E-state index in [9.17, 15) is 18.3 Å². The highest BCUT2D eigenvalue weighted by molar-refractivity contribution is 7.93. The van der Waals surface area contributed by atoms with Crippen molar-refractivity contribution in [1.82, 2.24) is 0 Å². The second kappa shape index (κ2) is 9.52. The van der Waals surface area contributed by atoms with Crippen LogP contribution in [0.1, 0.15) is 22.3 Å². The van der Waals surface area contributed by atoms with E-state index in [1.165, 1.54) is 13.2 Å². The van der Waals surface area contributed by atoms with Crippen molar-refractivity contribution >= 4 is 27.3 Å². The zero-order valence-corrected chi connectivity index (χ0v) is 21.6. The van der Waals surface area contributed by atoms with Gasteiger partial charge in [-0.25, -0.2) is 17.5 Å². The molecule has 0 spiro atoms. The van der Waals surface area contributed by atoms with Crippen molar-refractivity contribution < 1.29 is 32.5 Å². The average Bonchev–Trinajstić information content (AvgIpc) is 3.42. The zero-order valence-electron chi connectivity index (χ0n) is 20.8. The molecule has 9 heteroatoms. The SMILES string of the molecule is COc1cc(C2=C(C(=O)O)N(c3ccccc3Cc3ccccc3)S(=O)(=O)c3ccccc32)cc2c1OCO2. The number of nitrogens with zero attached hydrogens (tertiary/aromatic N) is 1. The molecular formula is C30H23NO7S. The summed E-state index contributed by atoms with van der Waals surface area (Å²) in [4.78, 5) is 13.0. The molecule has 0 unspecified atom stereocenters. The highest BCUT2D eigenvalue weighted by Crippen LogP contribution is 2.48. The minimum absolute atomic E-state index is 0.00357. The number of carboxylic acid groups (broad SMARTS) is 1. The molecule has 4 aromatic carbocycles. The lowest BCUT2D eigenvalue weighted by Crippen LogP contribution is -2.39. The molecule has 8 nitrogen and oxygen atoms in total. The quantitative estimate of drug-likeness (QED) is 0.364. The van der Waals surface area contributed by atoms with Crippen LogP contribution in [0.25, 0.3) is 5.57 Å². The zero-order chi connectivity index (χ0) is 27.1. The van der Waals surface area contributed by atoms with Crippen LogP contribution in [0, 0.1) is 0 Å². The number of para-hydroxylation sites is 1. The number of methoxy groups -OCH3 is 1. The summed E-state index contributed by atoms with van der Waals surface area (Å²) < 4.78 is 45.9. The number of sulfonamides is 1. The van der Waals surface area contributed by atoms with Crippen molar-refractivity contribution in [3.05, 3.63) is 119 Å². The molecule has 2 heterocycles. The summed E-state index contributed by atoms with van der Waals surface area (Å²) in [5.41, 5.74) is 2.40. The molecule has 0 atom stereocenters. The maximum Gasteiger partial charge on any atom is 0.354 e. The van der Waals surface area contributed by atoms with E-state index in [-0.39, 0.29) is 28.5 Å². The van der Waals surface area contributed by atoms with Gasteiger partial charge in [0, 0.05) is 11.1 Å². The molecule has 0 aromatic heterocycles. The smallest absolute Gasteiger partial charge is 0.354 e. The van der Waals surface area contributed by atoms with Gasteiger partial charge in [0.25, 0.3) is 10.0 Å². The molecule has 0 radical (unpaired) electrons. The Kier molecular flexibility index (Phi) is 6.00. The first-order valence-corrected chi connectivity index (χ1v) is 13.6. The Morgan fingerprint density at radius 3 is 2.44 bits per heavy atom. The molecule has 0 amide bonds. The van der Waals surface area contributed by atoms with E-state index >= 15 is 0 Å². The third kappa shape index (κ3) is 4.07. The third-order valence-corrected chi connectivity index (χ3v) is 8.48. The van der Waals surface area contributed by atoms with Crippen LogP contribution in [0.4, 0.5) is 5.69 Å². The number of carbonyl (C=O) groups is 1. The fraction of sp³-hybridized carbons (Fsp3) is 0.100. The van der Waals surface area contributed by atoms with Crippen LogP contribution < -0.4 is 18.5 Å². The summed E-state index contributed by atoms with van der Waals surface area (Å²) in [5.74, 6) is -0.266. The van der Waals surface area contributed by atoms with E-state index in [1.807, 2.05) is 30.3 Å². The Hall–Kier alpha value is -4.76. The Bertz CT molecular complexity index is 1750. The molecule has 2 aliphatic heterocycles. The van der Waals surface area contributed by atoms with Crippen molar-refractivity contribution in [2.24, 2.45) is 0 Å². The van der Waals surface area contributed by atoms with E-state index in [0.29, 0.717) is 34.8 Å². The Labute approximate surface area is 225 Å². The molecule has 0 aliphatic carbocycles. The van der Waals surface area contributed by atoms with Gasteiger partial charge in [0.1, 0.15) is 0 Å². The molecular weight excluding hydrogens is 518 g/mol. The van der Waals surface area contributed by atoms with E-state index < -0.39 is 21.7 Å². The fourth-order valence-corrected chi connectivity index (χ4v) is 6.77. The first kappa shape index (κ1) is 24.6. The van der Waals surface area contributed by atoms with Crippen LogP contribution in [-0.2, 0) is 21.2 Å².